The van der Waals surface area contributed by atoms with Gasteiger partial charge in [0.25, 0.3) is 0 Å². The molecule has 1 aliphatic heterocycles. The maximum absolute atomic E-state index is 9.11. The van der Waals surface area contributed by atoms with Gasteiger partial charge in [-0.1, -0.05) is 30.3 Å². The van der Waals surface area contributed by atoms with Crippen molar-refractivity contribution < 1.29 is 14.6 Å². The third-order valence-electron chi connectivity index (χ3n) is 4.14. The molecule has 1 unspecified atom stereocenters. The number of ether oxygens (including phenoxy) is 2. The largest absolute Gasteiger partial charge is 0.394 e. The fraction of sp³-hybridized carbons (Fsp3) is 0.600. The highest BCUT2D eigenvalue weighted by Gasteiger charge is 2.44. The molecule has 1 saturated carbocycles. The van der Waals surface area contributed by atoms with Crippen LogP contribution < -0.4 is 0 Å². The third kappa shape index (κ3) is 2.30. The fourth-order valence-electron chi connectivity index (χ4n) is 3.08. The zero-order valence-corrected chi connectivity index (χ0v) is 10.5. The molecule has 1 aliphatic carbocycles. The van der Waals surface area contributed by atoms with Crippen LogP contribution in [0.3, 0.4) is 0 Å². The van der Waals surface area contributed by atoms with Gasteiger partial charge in [-0.3, -0.25) is 0 Å². The molecule has 3 heteroatoms. The predicted molar refractivity (Wildman–Crippen MR) is 68.3 cm³/mol. The summed E-state index contributed by atoms with van der Waals surface area (Å²) in [5, 5.41) is 9.11. The van der Waals surface area contributed by atoms with Crippen molar-refractivity contribution in [3.05, 3.63) is 35.9 Å². The Balaban J connectivity index is 1.62. The number of benzene rings is 1. The normalized spacial score (nSPS) is 36.1. The number of hydrogen-bond acceptors (Lipinski definition) is 3. The average Bonchev–Trinajstić information content (AvgIpc) is 2.84. The second kappa shape index (κ2) is 5.00. The Morgan fingerprint density at radius 3 is 2.50 bits per heavy atom. The second-order valence-corrected chi connectivity index (χ2v) is 5.33. The van der Waals surface area contributed by atoms with Crippen LogP contribution in [0.25, 0.3) is 0 Å². The smallest absolute Gasteiger partial charge is 0.169 e. The summed E-state index contributed by atoms with van der Waals surface area (Å²) in [4.78, 5) is 0. The Morgan fingerprint density at radius 1 is 1.17 bits per heavy atom. The quantitative estimate of drug-likeness (QED) is 0.873. The molecule has 0 bridgehead atoms. The van der Waals surface area contributed by atoms with Crippen LogP contribution in [0.15, 0.2) is 30.3 Å². The van der Waals surface area contributed by atoms with Crippen molar-refractivity contribution in [3.63, 3.8) is 0 Å². The van der Waals surface area contributed by atoms with E-state index in [-0.39, 0.29) is 12.7 Å². The molecule has 18 heavy (non-hydrogen) atoms. The molecule has 2 fully saturated rings. The standard InChI is InChI=1S/C15H20O3/c16-10-14-11-17-15(18-14)8-6-13(7-9-15)12-4-2-1-3-5-12/h1-5,13-14,16H,6-11H2. The van der Waals surface area contributed by atoms with E-state index in [0.29, 0.717) is 12.5 Å². The molecule has 1 N–H and O–H groups in total. The van der Waals surface area contributed by atoms with Gasteiger partial charge in [0, 0.05) is 12.8 Å². The Labute approximate surface area is 108 Å². The predicted octanol–water partition coefficient (Wildman–Crippen LogP) is 2.45. The van der Waals surface area contributed by atoms with Gasteiger partial charge in [0.05, 0.1) is 13.2 Å². The highest BCUT2D eigenvalue weighted by atomic mass is 16.7. The van der Waals surface area contributed by atoms with Crippen LogP contribution >= 0.6 is 0 Å². The second-order valence-electron chi connectivity index (χ2n) is 5.33. The van der Waals surface area contributed by atoms with Gasteiger partial charge >= 0.3 is 0 Å². The van der Waals surface area contributed by atoms with Crippen molar-refractivity contribution in [2.24, 2.45) is 0 Å². The lowest BCUT2D eigenvalue weighted by Crippen LogP contribution is -2.35. The zero-order valence-electron chi connectivity index (χ0n) is 10.5. The molecule has 1 spiro atoms. The first-order chi connectivity index (χ1) is 8.81. The summed E-state index contributed by atoms with van der Waals surface area (Å²) in [6.07, 6.45) is 3.94. The summed E-state index contributed by atoms with van der Waals surface area (Å²) in [7, 11) is 0. The van der Waals surface area contributed by atoms with Crippen LogP contribution in [0.2, 0.25) is 0 Å². The first kappa shape index (κ1) is 12.2. The molecular formula is C15H20O3. The topological polar surface area (TPSA) is 38.7 Å². The van der Waals surface area contributed by atoms with Gasteiger partial charge in [0.1, 0.15) is 6.10 Å². The van der Waals surface area contributed by atoms with E-state index in [1.807, 2.05) is 0 Å². The van der Waals surface area contributed by atoms with Gasteiger partial charge in [0.2, 0.25) is 0 Å². The number of hydrogen-bond donors (Lipinski definition) is 1. The van der Waals surface area contributed by atoms with Crippen molar-refractivity contribution in [3.8, 4) is 0 Å². The number of aliphatic hydroxyl groups is 1. The van der Waals surface area contributed by atoms with Crippen molar-refractivity contribution in [2.45, 2.75) is 43.5 Å². The van der Waals surface area contributed by atoms with E-state index in [1.54, 1.807) is 0 Å². The Kier molecular flexibility index (Phi) is 3.37. The highest BCUT2D eigenvalue weighted by molar-refractivity contribution is 5.20. The Hall–Kier alpha value is -0.900. The van der Waals surface area contributed by atoms with Gasteiger partial charge in [-0.15, -0.1) is 0 Å². The van der Waals surface area contributed by atoms with Gasteiger partial charge < -0.3 is 14.6 Å². The summed E-state index contributed by atoms with van der Waals surface area (Å²) in [6.45, 7) is 0.594. The minimum absolute atomic E-state index is 0.0594. The van der Waals surface area contributed by atoms with E-state index in [9.17, 15) is 0 Å². The van der Waals surface area contributed by atoms with E-state index >= 15 is 0 Å². The Morgan fingerprint density at radius 2 is 1.89 bits per heavy atom. The lowest BCUT2D eigenvalue weighted by molar-refractivity contribution is -0.191. The first-order valence-corrected chi connectivity index (χ1v) is 6.79. The summed E-state index contributed by atoms with van der Waals surface area (Å²) in [5.74, 6) is 0.218. The van der Waals surface area contributed by atoms with E-state index in [1.165, 1.54) is 5.56 Å². The molecule has 3 nitrogen and oxygen atoms in total. The van der Waals surface area contributed by atoms with Gasteiger partial charge in [-0.25, -0.2) is 0 Å². The fourth-order valence-corrected chi connectivity index (χ4v) is 3.08. The summed E-state index contributed by atoms with van der Waals surface area (Å²) in [5.41, 5.74) is 1.42. The van der Waals surface area contributed by atoms with Crippen LogP contribution in [-0.2, 0) is 9.47 Å². The van der Waals surface area contributed by atoms with Crippen molar-refractivity contribution in [1.29, 1.82) is 0 Å². The van der Waals surface area contributed by atoms with E-state index < -0.39 is 5.79 Å². The van der Waals surface area contributed by atoms with Crippen molar-refractivity contribution in [1.82, 2.24) is 0 Å². The van der Waals surface area contributed by atoms with Gasteiger partial charge in [-0.2, -0.15) is 0 Å². The maximum atomic E-state index is 9.11. The molecule has 0 aromatic heterocycles. The summed E-state index contributed by atoms with van der Waals surface area (Å²) >= 11 is 0. The minimum atomic E-state index is -0.404. The lowest BCUT2D eigenvalue weighted by atomic mass is 9.81. The molecule has 98 valence electrons. The highest BCUT2D eigenvalue weighted by Crippen LogP contribution is 2.43. The van der Waals surface area contributed by atoms with Crippen LogP contribution in [0.4, 0.5) is 0 Å². The van der Waals surface area contributed by atoms with E-state index in [2.05, 4.69) is 30.3 Å². The third-order valence-corrected chi connectivity index (χ3v) is 4.14. The maximum Gasteiger partial charge on any atom is 0.169 e. The lowest BCUT2D eigenvalue weighted by Gasteiger charge is -2.36. The first-order valence-electron chi connectivity index (χ1n) is 6.79. The monoisotopic (exact) mass is 248 g/mol. The molecule has 1 atom stereocenters. The SMILES string of the molecule is OCC1COC2(CCC(c3ccccc3)CC2)O1. The van der Waals surface area contributed by atoms with Gasteiger partial charge in [-0.05, 0) is 24.3 Å². The molecule has 1 saturated heterocycles. The number of aliphatic hydroxyl groups excluding tert-OH is 1. The molecule has 0 radical (unpaired) electrons. The summed E-state index contributed by atoms with van der Waals surface area (Å²) in [6, 6.07) is 10.7. The molecular weight excluding hydrogens is 228 g/mol. The number of rotatable bonds is 2. The summed E-state index contributed by atoms with van der Waals surface area (Å²) < 4.78 is 11.6. The molecule has 0 amide bonds. The van der Waals surface area contributed by atoms with E-state index in [0.717, 1.165) is 25.7 Å². The molecule has 1 aromatic carbocycles. The van der Waals surface area contributed by atoms with Crippen molar-refractivity contribution >= 4 is 0 Å². The van der Waals surface area contributed by atoms with Crippen molar-refractivity contribution in [2.75, 3.05) is 13.2 Å². The van der Waals surface area contributed by atoms with Crippen LogP contribution in [0.1, 0.15) is 37.2 Å². The zero-order chi connectivity index (χ0) is 12.4. The van der Waals surface area contributed by atoms with Crippen LogP contribution in [0.5, 0.6) is 0 Å². The minimum Gasteiger partial charge on any atom is -0.394 e. The molecule has 1 aromatic rings. The van der Waals surface area contributed by atoms with Crippen LogP contribution in [-0.4, -0.2) is 30.2 Å². The van der Waals surface area contributed by atoms with Crippen LogP contribution in [0, 0.1) is 0 Å². The van der Waals surface area contributed by atoms with Gasteiger partial charge in [0.15, 0.2) is 5.79 Å². The Bertz CT molecular complexity index is 382. The molecule has 2 aliphatic rings. The molecule has 3 rings (SSSR count). The van der Waals surface area contributed by atoms with E-state index in [4.69, 9.17) is 14.6 Å². The average molecular weight is 248 g/mol. The molecule has 1 heterocycles.